The first-order chi connectivity index (χ1) is 7.33. The molecule has 0 aromatic carbocycles. The van der Waals surface area contributed by atoms with Crippen molar-refractivity contribution in [1.29, 1.82) is 0 Å². The Hall–Kier alpha value is -0.120. The van der Waals surface area contributed by atoms with Crippen LogP contribution in [0.3, 0.4) is 0 Å². The summed E-state index contributed by atoms with van der Waals surface area (Å²) in [5.41, 5.74) is 5.73. The van der Waals surface area contributed by atoms with E-state index in [9.17, 15) is 0 Å². The summed E-state index contributed by atoms with van der Waals surface area (Å²) in [6.45, 7) is 3.33. The monoisotopic (exact) mass is 212 g/mol. The molecule has 1 aliphatic heterocycles. The van der Waals surface area contributed by atoms with Gasteiger partial charge < -0.3 is 10.5 Å². The average molecular weight is 212 g/mol. The fourth-order valence-electron chi connectivity index (χ4n) is 3.05. The van der Waals surface area contributed by atoms with E-state index in [-0.39, 0.29) is 0 Å². The van der Waals surface area contributed by atoms with Crippen LogP contribution in [0.4, 0.5) is 0 Å². The maximum atomic E-state index is 5.73. The molecule has 2 fully saturated rings. The van der Waals surface area contributed by atoms with Crippen molar-refractivity contribution in [2.24, 2.45) is 11.7 Å². The van der Waals surface area contributed by atoms with Gasteiger partial charge >= 0.3 is 0 Å². The molecule has 0 spiro atoms. The van der Waals surface area contributed by atoms with Gasteiger partial charge in [0.15, 0.2) is 0 Å². The SMILES string of the molecule is COC1CCCC(N2CCC(CN)C2)C1. The van der Waals surface area contributed by atoms with E-state index in [0.29, 0.717) is 6.10 Å². The molecule has 2 aliphatic rings. The van der Waals surface area contributed by atoms with Crippen LogP contribution >= 0.6 is 0 Å². The number of ether oxygens (including phenoxy) is 1. The molecular formula is C12H24N2O. The van der Waals surface area contributed by atoms with Crippen molar-refractivity contribution in [3.8, 4) is 0 Å². The Balaban J connectivity index is 1.83. The molecule has 0 bridgehead atoms. The highest BCUT2D eigenvalue weighted by molar-refractivity contribution is 4.86. The van der Waals surface area contributed by atoms with E-state index >= 15 is 0 Å². The normalized spacial score (nSPS) is 38.4. The van der Waals surface area contributed by atoms with Crippen molar-refractivity contribution in [2.45, 2.75) is 44.2 Å². The number of nitrogens with zero attached hydrogens (tertiary/aromatic N) is 1. The molecule has 15 heavy (non-hydrogen) atoms. The minimum atomic E-state index is 0.501. The largest absolute Gasteiger partial charge is 0.381 e. The standard InChI is InChI=1S/C12H24N2O/c1-15-12-4-2-3-11(7-12)14-6-5-10(8-13)9-14/h10-12H,2-9,13H2,1H3. The van der Waals surface area contributed by atoms with E-state index in [0.717, 1.165) is 18.5 Å². The molecule has 1 saturated carbocycles. The smallest absolute Gasteiger partial charge is 0.0586 e. The third kappa shape index (κ3) is 2.71. The van der Waals surface area contributed by atoms with Gasteiger partial charge in [0.1, 0.15) is 0 Å². The first-order valence-electron chi connectivity index (χ1n) is 6.30. The molecule has 3 unspecified atom stereocenters. The summed E-state index contributed by atoms with van der Waals surface area (Å²) in [6, 6.07) is 0.764. The molecule has 3 nitrogen and oxygen atoms in total. The summed E-state index contributed by atoms with van der Waals surface area (Å²) in [4.78, 5) is 2.64. The fraction of sp³-hybridized carbons (Fsp3) is 1.00. The van der Waals surface area contributed by atoms with Gasteiger partial charge in [-0.15, -0.1) is 0 Å². The molecule has 2 N–H and O–H groups in total. The van der Waals surface area contributed by atoms with Crippen LogP contribution in [0, 0.1) is 5.92 Å². The van der Waals surface area contributed by atoms with Gasteiger partial charge in [-0.25, -0.2) is 0 Å². The van der Waals surface area contributed by atoms with Crippen LogP contribution in [0.1, 0.15) is 32.1 Å². The summed E-state index contributed by atoms with van der Waals surface area (Å²) in [7, 11) is 1.85. The lowest BCUT2D eigenvalue weighted by Gasteiger charge is -2.34. The van der Waals surface area contributed by atoms with Crippen molar-refractivity contribution in [3.63, 3.8) is 0 Å². The van der Waals surface area contributed by atoms with Crippen LogP contribution in [-0.4, -0.2) is 43.8 Å². The lowest BCUT2D eigenvalue weighted by molar-refractivity contribution is 0.0333. The molecule has 2 rings (SSSR count). The van der Waals surface area contributed by atoms with E-state index < -0.39 is 0 Å². The maximum absolute atomic E-state index is 5.73. The molecule has 0 radical (unpaired) electrons. The van der Waals surface area contributed by atoms with Crippen LogP contribution in [-0.2, 0) is 4.74 Å². The zero-order chi connectivity index (χ0) is 10.7. The van der Waals surface area contributed by atoms with Crippen LogP contribution < -0.4 is 5.73 Å². The van der Waals surface area contributed by atoms with E-state index in [1.165, 1.54) is 45.2 Å². The first kappa shape index (κ1) is 11.4. The Morgan fingerprint density at radius 2 is 2.20 bits per heavy atom. The van der Waals surface area contributed by atoms with Gasteiger partial charge in [0.05, 0.1) is 6.10 Å². The van der Waals surface area contributed by atoms with E-state index in [2.05, 4.69) is 4.90 Å². The minimum Gasteiger partial charge on any atom is -0.381 e. The molecule has 1 aliphatic carbocycles. The molecule has 88 valence electrons. The minimum absolute atomic E-state index is 0.501. The van der Waals surface area contributed by atoms with Crippen molar-refractivity contribution in [3.05, 3.63) is 0 Å². The summed E-state index contributed by atoms with van der Waals surface area (Å²) < 4.78 is 5.48. The lowest BCUT2D eigenvalue weighted by Crippen LogP contribution is -2.39. The van der Waals surface area contributed by atoms with Crippen molar-refractivity contribution >= 4 is 0 Å². The highest BCUT2D eigenvalue weighted by atomic mass is 16.5. The Morgan fingerprint density at radius 1 is 1.33 bits per heavy atom. The molecule has 0 aromatic heterocycles. The average Bonchev–Trinajstić information content (AvgIpc) is 2.78. The molecule has 0 aromatic rings. The van der Waals surface area contributed by atoms with E-state index in [4.69, 9.17) is 10.5 Å². The predicted octanol–water partition coefficient (Wildman–Crippen LogP) is 1.22. The number of rotatable bonds is 3. The summed E-state index contributed by atoms with van der Waals surface area (Å²) in [5, 5.41) is 0. The second-order valence-corrected chi connectivity index (χ2v) is 5.06. The summed E-state index contributed by atoms with van der Waals surface area (Å²) in [5.74, 6) is 0.743. The van der Waals surface area contributed by atoms with Gasteiger partial charge in [-0.05, 0) is 51.1 Å². The molecule has 1 saturated heterocycles. The highest BCUT2D eigenvalue weighted by Crippen LogP contribution is 2.28. The third-order valence-electron chi connectivity index (χ3n) is 4.10. The number of nitrogens with two attached hydrogens (primary N) is 1. The number of methoxy groups -OCH3 is 1. The number of hydrogen-bond donors (Lipinski definition) is 1. The van der Waals surface area contributed by atoms with E-state index in [1.807, 2.05) is 7.11 Å². The van der Waals surface area contributed by atoms with Gasteiger partial charge in [0.2, 0.25) is 0 Å². The Labute approximate surface area is 93.0 Å². The Morgan fingerprint density at radius 3 is 2.87 bits per heavy atom. The van der Waals surface area contributed by atoms with Crippen molar-refractivity contribution in [2.75, 3.05) is 26.7 Å². The molecule has 1 heterocycles. The van der Waals surface area contributed by atoms with Crippen molar-refractivity contribution < 1.29 is 4.74 Å². The second-order valence-electron chi connectivity index (χ2n) is 5.06. The second kappa shape index (κ2) is 5.28. The Bertz CT molecular complexity index is 198. The van der Waals surface area contributed by atoms with Gasteiger partial charge in [-0.2, -0.15) is 0 Å². The maximum Gasteiger partial charge on any atom is 0.0586 e. The van der Waals surface area contributed by atoms with Gasteiger partial charge in [-0.3, -0.25) is 4.90 Å². The Kier molecular flexibility index (Phi) is 4.00. The van der Waals surface area contributed by atoms with Crippen LogP contribution in [0.5, 0.6) is 0 Å². The molecule has 3 atom stereocenters. The summed E-state index contributed by atoms with van der Waals surface area (Å²) in [6.07, 6.45) is 6.96. The van der Waals surface area contributed by atoms with Gasteiger partial charge in [0.25, 0.3) is 0 Å². The molecule has 3 heteroatoms. The quantitative estimate of drug-likeness (QED) is 0.764. The molecule has 0 amide bonds. The first-order valence-corrected chi connectivity index (χ1v) is 6.30. The number of hydrogen-bond acceptors (Lipinski definition) is 3. The highest BCUT2D eigenvalue weighted by Gasteiger charge is 2.31. The number of likely N-dealkylation sites (tertiary alicyclic amines) is 1. The zero-order valence-corrected chi connectivity index (χ0v) is 9.82. The van der Waals surface area contributed by atoms with Gasteiger partial charge in [-0.1, -0.05) is 0 Å². The lowest BCUT2D eigenvalue weighted by atomic mass is 9.92. The predicted molar refractivity (Wildman–Crippen MR) is 61.8 cm³/mol. The third-order valence-corrected chi connectivity index (χ3v) is 4.10. The molecular weight excluding hydrogens is 188 g/mol. The van der Waals surface area contributed by atoms with E-state index in [1.54, 1.807) is 0 Å². The van der Waals surface area contributed by atoms with Crippen LogP contribution in [0.2, 0.25) is 0 Å². The summed E-state index contributed by atoms with van der Waals surface area (Å²) >= 11 is 0. The fourth-order valence-corrected chi connectivity index (χ4v) is 3.05. The van der Waals surface area contributed by atoms with Crippen molar-refractivity contribution in [1.82, 2.24) is 4.90 Å². The van der Waals surface area contributed by atoms with Crippen LogP contribution in [0.15, 0.2) is 0 Å². The zero-order valence-electron chi connectivity index (χ0n) is 9.82. The van der Waals surface area contributed by atoms with Crippen LogP contribution in [0.25, 0.3) is 0 Å². The van der Waals surface area contributed by atoms with Gasteiger partial charge in [0, 0.05) is 19.7 Å². The topological polar surface area (TPSA) is 38.5 Å².